The van der Waals surface area contributed by atoms with Crippen LogP contribution in [0.2, 0.25) is 5.02 Å². The Balaban J connectivity index is 1.61. The highest BCUT2D eigenvalue weighted by molar-refractivity contribution is 7.99. The molecule has 0 spiro atoms. The molecule has 0 atom stereocenters. The van der Waals surface area contributed by atoms with Crippen molar-refractivity contribution in [3.05, 3.63) is 87.3 Å². The smallest absolute Gasteiger partial charge is 0.263 e. The topological polar surface area (TPSA) is 86.1 Å². The summed E-state index contributed by atoms with van der Waals surface area (Å²) < 4.78 is 6.85. The predicted molar refractivity (Wildman–Crippen MR) is 131 cm³/mol. The van der Waals surface area contributed by atoms with Crippen molar-refractivity contribution in [3.8, 4) is 5.75 Å². The van der Waals surface area contributed by atoms with Gasteiger partial charge in [-0.2, -0.15) is 0 Å². The first-order valence-electron chi connectivity index (χ1n) is 10.1. The molecule has 4 rings (SSSR count). The van der Waals surface area contributed by atoms with Crippen LogP contribution in [0, 0.1) is 6.92 Å². The third-order valence-electron chi connectivity index (χ3n) is 4.92. The van der Waals surface area contributed by atoms with E-state index in [4.69, 9.17) is 16.3 Å². The summed E-state index contributed by atoms with van der Waals surface area (Å²) in [5.74, 6) is 0.258. The Morgan fingerprint density at radius 3 is 2.73 bits per heavy atom. The van der Waals surface area contributed by atoms with E-state index in [2.05, 4.69) is 15.3 Å². The maximum atomic E-state index is 13.2. The van der Waals surface area contributed by atoms with E-state index in [1.54, 1.807) is 41.1 Å². The first kappa shape index (κ1) is 22.8. The highest BCUT2D eigenvalue weighted by Crippen LogP contribution is 2.28. The van der Waals surface area contributed by atoms with Crippen LogP contribution in [-0.2, 0) is 11.3 Å². The average Bonchev–Trinajstić information content (AvgIpc) is 2.81. The fraction of sp³-hybridized carbons (Fsp3) is 0.167. The number of amides is 1. The van der Waals surface area contributed by atoms with E-state index in [9.17, 15) is 9.59 Å². The lowest BCUT2D eigenvalue weighted by atomic mass is 10.1. The first-order valence-corrected chi connectivity index (χ1v) is 11.5. The van der Waals surface area contributed by atoms with E-state index < -0.39 is 0 Å². The molecule has 1 N–H and O–H groups in total. The summed E-state index contributed by atoms with van der Waals surface area (Å²) in [6, 6.07) is 16.3. The number of aryl methyl sites for hydroxylation is 1. The number of fused-ring (bicyclic) bond motifs is 1. The lowest BCUT2D eigenvalue weighted by molar-refractivity contribution is -0.113. The Hall–Kier alpha value is -3.36. The minimum atomic E-state index is -0.280. The van der Waals surface area contributed by atoms with Crippen molar-refractivity contribution in [2.24, 2.45) is 0 Å². The van der Waals surface area contributed by atoms with Crippen molar-refractivity contribution in [1.82, 2.24) is 14.5 Å². The number of benzene rings is 2. The minimum absolute atomic E-state index is 0.0361. The van der Waals surface area contributed by atoms with Gasteiger partial charge in [0.25, 0.3) is 5.56 Å². The zero-order chi connectivity index (χ0) is 23.4. The lowest BCUT2D eigenvalue weighted by Crippen LogP contribution is -2.25. The van der Waals surface area contributed by atoms with Gasteiger partial charge in [-0.15, -0.1) is 0 Å². The van der Waals surface area contributed by atoms with Gasteiger partial charge in [-0.1, -0.05) is 53.2 Å². The molecule has 0 fully saturated rings. The summed E-state index contributed by atoms with van der Waals surface area (Å²) in [6.07, 6.45) is 1.59. The second-order valence-electron chi connectivity index (χ2n) is 7.33. The number of rotatable bonds is 7. The van der Waals surface area contributed by atoms with Gasteiger partial charge in [-0.25, -0.2) is 9.97 Å². The number of methoxy groups -OCH3 is 1. The van der Waals surface area contributed by atoms with Crippen LogP contribution in [-0.4, -0.2) is 33.3 Å². The van der Waals surface area contributed by atoms with Crippen molar-refractivity contribution in [2.45, 2.75) is 18.6 Å². The summed E-state index contributed by atoms with van der Waals surface area (Å²) >= 11 is 7.21. The van der Waals surface area contributed by atoms with E-state index in [0.717, 1.165) is 11.1 Å². The van der Waals surface area contributed by atoms with E-state index in [1.807, 2.05) is 31.2 Å². The van der Waals surface area contributed by atoms with Crippen LogP contribution in [0.5, 0.6) is 5.75 Å². The molecule has 0 aliphatic rings. The minimum Gasteiger partial charge on any atom is -0.495 e. The summed E-state index contributed by atoms with van der Waals surface area (Å²) in [6.45, 7) is 2.34. The normalized spacial score (nSPS) is 10.9. The second-order valence-corrected chi connectivity index (χ2v) is 8.71. The molecule has 0 bridgehead atoms. The van der Waals surface area contributed by atoms with Crippen LogP contribution in [0.25, 0.3) is 11.0 Å². The Bertz CT molecular complexity index is 1370. The Morgan fingerprint density at radius 1 is 1.18 bits per heavy atom. The van der Waals surface area contributed by atoms with Gasteiger partial charge >= 0.3 is 0 Å². The van der Waals surface area contributed by atoms with Gasteiger partial charge in [0.15, 0.2) is 10.8 Å². The molecule has 33 heavy (non-hydrogen) atoms. The average molecular weight is 481 g/mol. The van der Waals surface area contributed by atoms with Crippen LogP contribution in [0.3, 0.4) is 0 Å². The fourth-order valence-electron chi connectivity index (χ4n) is 3.26. The molecule has 0 saturated carbocycles. The quantitative estimate of drug-likeness (QED) is 0.308. The van der Waals surface area contributed by atoms with Gasteiger partial charge < -0.3 is 10.1 Å². The molecule has 4 aromatic rings. The molecule has 0 unspecified atom stereocenters. The number of nitrogens with zero attached hydrogens (tertiary/aromatic N) is 3. The SMILES string of the molecule is COc1ccc(Cl)cc1NC(=O)CSc1nc2ncccc2c(=O)n1Cc1ccc(C)cc1. The molecule has 2 aromatic heterocycles. The number of aromatic nitrogens is 3. The molecule has 0 aliphatic carbocycles. The number of carbonyl (C=O) groups is 1. The monoisotopic (exact) mass is 480 g/mol. The number of nitrogens with one attached hydrogen (secondary N) is 1. The molecule has 0 saturated heterocycles. The molecule has 0 aliphatic heterocycles. The highest BCUT2D eigenvalue weighted by atomic mass is 35.5. The number of thioether (sulfide) groups is 1. The maximum absolute atomic E-state index is 13.2. The summed E-state index contributed by atoms with van der Waals surface area (Å²) in [5, 5.41) is 4.13. The van der Waals surface area contributed by atoms with E-state index >= 15 is 0 Å². The van der Waals surface area contributed by atoms with Crippen LogP contribution >= 0.6 is 23.4 Å². The number of anilines is 1. The Labute approximate surface area is 199 Å². The largest absolute Gasteiger partial charge is 0.495 e. The predicted octanol–water partition coefficient (Wildman–Crippen LogP) is 4.54. The van der Waals surface area contributed by atoms with Gasteiger partial charge in [-0.3, -0.25) is 14.2 Å². The number of hydrogen-bond donors (Lipinski definition) is 1. The van der Waals surface area contributed by atoms with Gasteiger partial charge in [-0.05, 0) is 42.8 Å². The van der Waals surface area contributed by atoms with E-state index in [0.29, 0.717) is 39.2 Å². The standard InChI is InChI=1S/C24H21ClN4O3S/c1-15-5-7-16(8-6-15)13-29-23(31)18-4-3-11-26-22(18)28-24(29)33-14-21(30)27-19-12-17(25)9-10-20(19)32-2/h3-12H,13-14H2,1-2H3,(H,27,30). The van der Waals surface area contributed by atoms with E-state index in [-0.39, 0.29) is 17.2 Å². The third-order valence-corrected chi connectivity index (χ3v) is 6.14. The molecule has 0 radical (unpaired) electrons. The lowest BCUT2D eigenvalue weighted by Gasteiger charge is -2.14. The molecular formula is C24H21ClN4O3S. The van der Waals surface area contributed by atoms with Crippen molar-refractivity contribution in [2.75, 3.05) is 18.2 Å². The number of carbonyl (C=O) groups excluding carboxylic acids is 1. The number of ether oxygens (including phenoxy) is 1. The molecule has 168 valence electrons. The van der Waals surface area contributed by atoms with Crippen molar-refractivity contribution in [3.63, 3.8) is 0 Å². The Kier molecular flexibility index (Phi) is 6.96. The van der Waals surface area contributed by atoms with Gasteiger partial charge in [0.2, 0.25) is 5.91 Å². The zero-order valence-corrected chi connectivity index (χ0v) is 19.6. The van der Waals surface area contributed by atoms with Gasteiger partial charge in [0.05, 0.1) is 30.5 Å². The molecule has 2 heterocycles. The van der Waals surface area contributed by atoms with Crippen LogP contribution in [0.1, 0.15) is 11.1 Å². The summed E-state index contributed by atoms with van der Waals surface area (Å²) in [7, 11) is 1.52. The van der Waals surface area contributed by atoms with Crippen LogP contribution < -0.4 is 15.6 Å². The second kappa shape index (κ2) is 10.1. The number of halogens is 1. The zero-order valence-electron chi connectivity index (χ0n) is 18.0. The van der Waals surface area contributed by atoms with Gasteiger partial charge in [0, 0.05) is 11.2 Å². The van der Waals surface area contributed by atoms with Crippen LogP contribution in [0.15, 0.2) is 70.7 Å². The number of pyridine rings is 1. The van der Waals surface area contributed by atoms with Crippen molar-refractivity contribution in [1.29, 1.82) is 0 Å². The molecule has 7 nitrogen and oxygen atoms in total. The summed E-state index contributed by atoms with van der Waals surface area (Å²) in [5.41, 5.74) is 2.72. The maximum Gasteiger partial charge on any atom is 0.263 e. The third kappa shape index (κ3) is 5.35. The fourth-order valence-corrected chi connectivity index (χ4v) is 4.21. The van der Waals surface area contributed by atoms with Crippen molar-refractivity contribution < 1.29 is 9.53 Å². The summed E-state index contributed by atoms with van der Waals surface area (Å²) in [4.78, 5) is 34.7. The molecule has 9 heteroatoms. The highest BCUT2D eigenvalue weighted by Gasteiger charge is 2.15. The number of hydrogen-bond acceptors (Lipinski definition) is 6. The van der Waals surface area contributed by atoms with Gasteiger partial charge in [0.1, 0.15) is 5.75 Å². The molecule has 1 amide bonds. The molecular weight excluding hydrogens is 460 g/mol. The van der Waals surface area contributed by atoms with Crippen molar-refractivity contribution >= 4 is 46.0 Å². The molecule has 2 aromatic carbocycles. The van der Waals surface area contributed by atoms with Crippen LogP contribution in [0.4, 0.5) is 5.69 Å². The first-order chi connectivity index (χ1) is 15.9. The van der Waals surface area contributed by atoms with E-state index in [1.165, 1.54) is 18.9 Å². The Morgan fingerprint density at radius 2 is 1.97 bits per heavy atom.